The van der Waals surface area contributed by atoms with Gasteiger partial charge < -0.3 is 41.7 Å². The van der Waals surface area contributed by atoms with E-state index in [0.717, 1.165) is 0 Å². The van der Waals surface area contributed by atoms with E-state index in [-0.39, 0.29) is 41.7 Å². The van der Waals surface area contributed by atoms with Gasteiger partial charge >= 0.3 is 0 Å². The maximum Gasteiger partial charge on any atom is 0.255 e. The number of likely N-dealkylation sites (N-methyl/N-ethyl adjacent to an activating group) is 1. The van der Waals surface area contributed by atoms with Crippen molar-refractivity contribution in [2.75, 3.05) is 45.0 Å². The number of nitrogens with two attached hydrogens (primary N) is 1. The standard InChI is InChI=1S/C29H39N5O8/c1-28(2,3)31-11-17(35)32-15-10-16(33(4)5)13-8-12-9-14-21(34(6)7)24(38)20(27(30)41)26(40)29(14,42)25(39)18(12)23(37)19(13)22(15)36/h10,12,14,21,31,36,38-39,42H,8-9,11H2,1-7H3,(H2,30,41)(H,32,35)/t12-,14-,21?,29-/m0/s1. The lowest BCUT2D eigenvalue weighted by molar-refractivity contribution is -0.148. The normalized spacial score (nSPS) is 25.7. The largest absolute Gasteiger partial charge is 0.510 e. The molecule has 0 spiro atoms. The first-order chi connectivity index (χ1) is 19.3. The predicted octanol–water partition coefficient (Wildman–Crippen LogP) is 0.513. The van der Waals surface area contributed by atoms with Gasteiger partial charge in [-0.1, -0.05) is 0 Å². The van der Waals surface area contributed by atoms with Crippen LogP contribution in [-0.4, -0.2) is 101 Å². The number of aliphatic hydroxyl groups excluding tert-OH is 2. The zero-order valence-corrected chi connectivity index (χ0v) is 24.8. The first-order valence-corrected chi connectivity index (χ1v) is 13.6. The third kappa shape index (κ3) is 4.80. The summed E-state index contributed by atoms with van der Waals surface area (Å²) < 4.78 is 0. The molecule has 13 nitrogen and oxygen atoms in total. The smallest absolute Gasteiger partial charge is 0.255 e. The summed E-state index contributed by atoms with van der Waals surface area (Å²) in [5, 5.41) is 51.1. The third-order valence-corrected chi connectivity index (χ3v) is 8.23. The second kappa shape index (κ2) is 10.4. The second-order valence-corrected chi connectivity index (χ2v) is 12.7. The van der Waals surface area contributed by atoms with Crippen LogP contribution in [0.2, 0.25) is 0 Å². The van der Waals surface area contributed by atoms with E-state index in [1.165, 1.54) is 4.90 Å². The third-order valence-electron chi connectivity index (χ3n) is 8.23. The number of phenols is 1. The Labute approximate surface area is 243 Å². The summed E-state index contributed by atoms with van der Waals surface area (Å²) in [6, 6.07) is 0.487. The number of primary amides is 1. The zero-order chi connectivity index (χ0) is 31.6. The Bertz CT molecular complexity index is 1450. The molecule has 0 fully saturated rings. The number of aliphatic hydroxyl groups is 3. The van der Waals surface area contributed by atoms with Crippen LogP contribution < -0.4 is 21.3 Å². The van der Waals surface area contributed by atoms with Crippen molar-refractivity contribution in [3.63, 3.8) is 0 Å². The highest BCUT2D eigenvalue weighted by molar-refractivity contribution is 6.25. The molecule has 1 aromatic rings. The molecule has 0 radical (unpaired) electrons. The van der Waals surface area contributed by atoms with Crippen molar-refractivity contribution in [2.45, 2.75) is 50.8 Å². The summed E-state index contributed by atoms with van der Waals surface area (Å²) in [5.41, 5.74) is 1.96. The topological polar surface area (TPSA) is 206 Å². The minimum atomic E-state index is -2.73. The Balaban J connectivity index is 1.87. The number of nitrogens with one attached hydrogen (secondary N) is 2. The monoisotopic (exact) mass is 585 g/mol. The molecule has 1 aromatic carbocycles. The van der Waals surface area contributed by atoms with E-state index in [4.69, 9.17) is 5.73 Å². The molecule has 0 aromatic heterocycles. The fraction of sp³-hybridized carbons (Fsp3) is 0.517. The Hall–Kier alpha value is -3.94. The van der Waals surface area contributed by atoms with Gasteiger partial charge in [0, 0.05) is 36.8 Å². The van der Waals surface area contributed by atoms with Gasteiger partial charge in [-0.25, -0.2) is 0 Å². The number of ketones is 2. The molecule has 0 saturated carbocycles. The van der Waals surface area contributed by atoms with Crippen molar-refractivity contribution < 1.29 is 39.6 Å². The number of anilines is 2. The van der Waals surface area contributed by atoms with E-state index >= 15 is 0 Å². The van der Waals surface area contributed by atoms with Gasteiger partial charge in [0.1, 0.15) is 17.1 Å². The number of hydrogen-bond donors (Lipinski definition) is 7. The molecule has 4 atom stereocenters. The molecule has 0 saturated heterocycles. The molecule has 3 aliphatic rings. The molecule has 2 amide bonds. The summed E-state index contributed by atoms with van der Waals surface area (Å²) in [4.78, 5) is 55.6. The van der Waals surface area contributed by atoms with Crippen molar-refractivity contribution in [2.24, 2.45) is 17.6 Å². The maximum absolute atomic E-state index is 14.1. The molecular formula is C29H39N5O8. The second-order valence-electron chi connectivity index (χ2n) is 12.7. The number of carbonyl (C=O) groups excluding carboxylic acids is 4. The number of nitrogens with zero attached hydrogens (tertiary/aromatic N) is 2. The van der Waals surface area contributed by atoms with Crippen LogP contribution in [0.15, 0.2) is 28.7 Å². The van der Waals surface area contributed by atoms with E-state index in [9.17, 15) is 39.6 Å². The van der Waals surface area contributed by atoms with Gasteiger partial charge in [0.25, 0.3) is 5.91 Å². The summed E-state index contributed by atoms with van der Waals surface area (Å²) >= 11 is 0. The molecule has 8 N–H and O–H groups in total. The highest BCUT2D eigenvalue weighted by Gasteiger charge is 2.63. The van der Waals surface area contributed by atoms with E-state index in [0.29, 0.717) is 11.3 Å². The Morgan fingerprint density at radius 3 is 2.26 bits per heavy atom. The van der Waals surface area contributed by atoms with E-state index < -0.39 is 69.7 Å². The van der Waals surface area contributed by atoms with Gasteiger partial charge in [-0.3, -0.25) is 24.1 Å². The minimum Gasteiger partial charge on any atom is -0.510 e. The van der Waals surface area contributed by atoms with Crippen molar-refractivity contribution >= 4 is 34.8 Å². The molecule has 1 unspecified atom stereocenters. The quantitative estimate of drug-likeness (QED) is 0.181. The van der Waals surface area contributed by atoms with Crippen LogP contribution in [0, 0.1) is 11.8 Å². The fourth-order valence-corrected chi connectivity index (χ4v) is 6.33. The lowest BCUT2D eigenvalue weighted by Crippen LogP contribution is -2.63. The number of fused-ring (bicyclic) bond motifs is 3. The highest BCUT2D eigenvalue weighted by atomic mass is 16.3. The van der Waals surface area contributed by atoms with Crippen LogP contribution in [0.3, 0.4) is 0 Å². The lowest BCUT2D eigenvalue weighted by Gasteiger charge is -2.50. The number of allylic oxidation sites excluding steroid dienone is 1. The summed E-state index contributed by atoms with van der Waals surface area (Å²) in [5.74, 6) is -7.79. The number of amides is 2. The number of aromatic hydroxyl groups is 1. The van der Waals surface area contributed by atoms with Gasteiger partial charge in [-0.05, 0) is 65.3 Å². The van der Waals surface area contributed by atoms with Crippen LogP contribution in [0.25, 0.3) is 0 Å². The Kier molecular flexibility index (Phi) is 7.68. The van der Waals surface area contributed by atoms with Gasteiger partial charge in [-0.15, -0.1) is 0 Å². The molecule has 0 aliphatic heterocycles. The average Bonchev–Trinajstić information content (AvgIpc) is 2.85. The fourth-order valence-electron chi connectivity index (χ4n) is 6.33. The lowest BCUT2D eigenvalue weighted by atomic mass is 9.58. The highest BCUT2D eigenvalue weighted by Crippen LogP contribution is 2.53. The van der Waals surface area contributed by atoms with Crippen molar-refractivity contribution in [1.29, 1.82) is 0 Å². The SMILES string of the molecule is CN(C)c1cc(NC(=O)CNC(C)(C)C)c(O)c2c1C[C@H]1C[C@H]3C(N(C)C)C(O)=C(C(N)=O)C(=O)[C@@]3(O)C(O)=C1C2=O. The minimum absolute atomic E-state index is 0.0175. The van der Waals surface area contributed by atoms with Gasteiger partial charge in [-0.2, -0.15) is 0 Å². The molecule has 0 bridgehead atoms. The number of carbonyl (C=O) groups is 4. The van der Waals surface area contributed by atoms with Gasteiger partial charge in [0.05, 0.1) is 23.8 Å². The Morgan fingerprint density at radius 2 is 1.74 bits per heavy atom. The molecule has 4 rings (SSSR count). The number of phenolic OH excluding ortho intramolecular Hbond substituents is 1. The van der Waals surface area contributed by atoms with E-state index in [1.54, 1.807) is 39.2 Å². The Morgan fingerprint density at radius 1 is 1.12 bits per heavy atom. The van der Waals surface area contributed by atoms with Crippen LogP contribution >= 0.6 is 0 Å². The van der Waals surface area contributed by atoms with Crippen LogP contribution in [0.1, 0.15) is 43.1 Å². The van der Waals surface area contributed by atoms with Crippen LogP contribution in [0.5, 0.6) is 5.75 Å². The van der Waals surface area contributed by atoms with Gasteiger partial charge in [0.15, 0.2) is 17.1 Å². The molecule has 228 valence electrons. The number of hydrogen-bond acceptors (Lipinski definition) is 11. The molecule has 42 heavy (non-hydrogen) atoms. The molecule has 0 heterocycles. The van der Waals surface area contributed by atoms with E-state index in [2.05, 4.69) is 10.6 Å². The van der Waals surface area contributed by atoms with Crippen LogP contribution in [-0.2, 0) is 20.8 Å². The van der Waals surface area contributed by atoms with E-state index in [1.807, 2.05) is 20.8 Å². The molecule has 3 aliphatic carbocycles. The number of rotatable bonds is 6. The van der Waals surface area contributed by atoms with Crippen molar-refractivity contribution in [3.05, 3.63) is 39.9 Å². The average molecular weight is 586 g/mol. The summed E-state index contributed by atoms with van der Waals surface area (Å²) in [6.45, 7) is 5.60. The predicted molar refractivity (Wildman–Crippen MR) is 154 cm³/mol. The van der Waals surface area contributed by atoms with Gasteiger partial charge in [0.2, 0.25) is 11.7 Å². The summed E-state index contributed by atoms with van der Waals surface area (Å²) in [6.07, 6.45) is 0.117. The van der Waals surface area contributed by atoms with Crippen molar-refractivity contribution in [1.82, 2.24) is 10.2 Å². The molecular weight excluding hydrogens is 546 g/mol. The zero-order valence-electron chi connectivity index (χ0n) is 24.8. The maximum atomic E-state index is 14.1. The number of benzene rings is 1. The summed E-state index contributed by atoms with van der Waals surface area (Å²) in [7, 11) is 6.62. The molecule has 13 heteroatoms. The first-order valence-electron chi connectivity index (χ1n) is 13.6. The first kappa shape index (κ1) is 31.0. The van der Waals surface area contributed by atoms with Crippen molar-refractivity contribution in [3.8, 4) is 5.75 Å². The van der Waals surface area contributed by atoms with Crippen LogP contribution in [0.4, 0.5) is 11.4 Å². The number of Topliss-reactive ketones (excluding diaryl/α,β-unsaturated/α-hetero) is 2.